The van der Waals surface area contributed by atoms with Crippen molar-refractivity contribution in [1.82, 2.24) is 4.72 Å². The summed E-state index contributed by atoms with van der Waals surface area (Å²) in [4.78, 5) is -0.419. The molecule has 1 saturated carbocycles. The molecule has 1 spiro atoms. The van der Waals surface area contributed by atoms with Gasteiger partial charge in [-0.05, 0) is 80.3 Å². The Hall–Kier alpha value is -2.44. The van der Waals surface area contributed by atoms with Crippen molar-refractivity contribution >= 4 is 25.4 Å². The normalized spacial score (nSPS) is 33.2. The number of benzene rings is 2. The van der Waals surface area contributed by atoms with Crippen molar-refractivity contribution in [3.05, 3.63) is 71.3 Å². The first-order valence-corrected chi connectivity index (χ1v) is 15.8. The Morgan fingerprint density at radius 1 is 1.03 bits per heavy atom. The van der Waals surface area contributed by atoms with Gasteiger partial charge in [-0.25, -0.2) is 21.9 Å². The van der Waals surface area contributed by atoms with Gasteiger partial charge in [-0.1, -0.05) is 12.2 Å². The van der Waals surface area contributed by atoms with E-state index in [0.717, 1.165) is 24.3 Å². The number of alkyl halides is 3. The Kier molecular flexibility index (Phi) is 5.85. The molecule has 6 rings (SSSR count). The second kappa shape index (κ2) is 8.53. The summed E-state index contributed by atoms with van der Waals surface area (Å²) >= 11 is 0. The van der Waals surface area contributed by atoms with Crippen molar-refractivity contribution < 1.29 is 39.3 Å². The largest absolute Gasteiger partial charge is 0.490 e. The minimum absolute atomic E-state index is 0.159. The van der Waals surface area contributed by atoms with Crippen molar-refractivity contribution in [2.45, 2.75) is 58.7 Å². The van der Waals surface area contributed by atoms with Crippen LogP contribution in [0.4, 0.5) is 22.0 Å². The van der Waals surface area contributed by atoms with E-state index in [0.29, 0.717) is 31.4 Å². The Morgan fingerprint density at radius 2 is 1.67 bits per heavy atom. The van der Waals surface area contributed by atoms with Gasteiger partial charge in [0.1, 0.15) is 10.6 Å². The van der Waals surface area contributed by atoms with Crippen LogP contribution in [0.5, 0.6) is 5.75 Å². The molecule has 210 valence electrons. The highest BCUT2D eigenvalue weighted by molar-refractivity contribution is 7.99. The molecule has 2 heterocycles. The maximum absolute atomic E-state index is 15.6. The maximum atomic E-state index is 15.6. The first-order valence-electron chi connectivity index (χ1n) is 12.6. The van der Waals surface area contributed by atoms with E-state index < -0.39 is 86.5 Å². The lowest BCUT2D eigenvalue weighted by molar-refractivity contribution is -0.137. The quantitative estimate of drug-likeness (QED) is 0.300. The Morgan fingerprint density at radius 3 is 2.31 bits per heavy atom. The van der Waals surface area contributed by atoms with Crippen LogP contribution in [0.1, 0.15) is 43.2 Å². The van der Waals surface area contributed by atoms with Crippen LogP contribution in [0, 0.1) is 23.5 Å². The number of nitrogens with one attached hydrogen (secondary N) is 1. The first-order chi connectivity index (χ1) is 18.2. The number of hydrogen-bond acceptors (Lipinski definition) is 4. The summed E-state index contributed by atoms with van der Waals surface area (Å²) in [7, 11) is -7.37. The second-order valence-electron chi connectivity index (χ2n) is 10.9. The fourth-order valence-corrected chi connectivity index (χ4v) is 11.8. The van der Waals surface area contributed by atoms with Crippen LogP contribution in [0.3, 0.4) is 0 Å². The fraction of sp³-hybridized carbons (Fsp3) is 0.444. The molecule has 0 radical (unpaired) electrons. The zero-order valence-electron chi connectivity index (χ0n) is 20.6. The van der Waals surface area contributed by atoms with Crippen LogP contribution in [-0.2, 0) is 30.5 Å². The number of halogens is 5. The van der Waals surface area contributed by atoms with Crippen LogP contribution in [0.25, 0.3) is 0 Å². The number of sulfone groups is 1. The molecular weight excluding hydrogens is 561 g/mol. The smallest absolute Gasteiger partial charge is 0.416 e. The van der Waals surface area contributed by atoms with Crippen LogP contribution >= 0.6 is 0 Å². The van der Waals surface area contributed by atoms with Gasteiger partial charge in [0, 0.05) is 21.7 Å². The lowest BCUT2D eigenvalue weighted by Crippen LogP contribution is -2.66. The predicted molar refractivity (Wildman–Crippen MR) is 136 cm³/mol. The van der Waals surface area contributed by atoms with E-state index in [2.05, 4.69) is 10.6 Å². The molecule has 39 heavy (non-hydrogen) atoms. The second-order valence-corrected chi connectivity index (χ2v) is 15.6. The van der Waals surface area contributed by atoms with Crippen molar-refractivity contribution in [3.63, 3.8) is 0 Å². The molecule has 0 aromatic heterocycles. The highest BCUT2D eigenvalue weighted by atomic mass is 32.2. The summed E-state index contributed by atoms with van der Waals surface area (Å²) in [5, 5.41) is 0. The molecule has 2 aromatic carbocycles. The molecule has 2 aliphatic carbocycles. The molecular formula is C27H26F5NO4S2. The first kappa shape index (κ1) is 26.8. The molecule has 4 aliphatic rings. The number of ether oxygens (including phenoxy) is 1. The summed E-state index contributed by atoms with van der Waals surface area (Å²) < 4.78 is 119. The van der Waals surface area contributed by atoms with Crippen molar-refractivity contribution in [2.24, 2.45) is 11.8 Å². The maximum Gasteiger partial charge on any atom is 0.416 e. The zero-order chi connectivity index (χ0) is 28.0. The summed E-state index contributed by atoms with van der Waals surface area (Å²) in [5.74, 6) is 0.243. The Labute approximate surface area is 223 Å². The van der Waals surface area contributed by atoms with Crippen molar-refractivity contribution in [3.8, 4) is 5.75 Å². The van der Waals surface area contributed by atoms with Gasteiger partial charge < -0.3 is 4.74 Å². The van der Waals surface area contributed by atoms with Gasteiger partial charge in [0.2, 0.25) is 0 Å². The summed E-state index contributed by atoms with van der Waals surface area (Å²) in [6.07, 6.45) is 0.381. The van der Waals surface area contributed by atoms with E-state index in [1.807, 2.05) is 12.2 Å². The van der Waals surface area contributed by atoms with E-state index in [1.165, 1.54) is 0 Å². The minimum Gasteiger partial charge on any atom is -0.490 e. The molecule has 1 saturated heterocycles. The monoisotopic (exact) mass is 587 g/mol. The van der Waals surface area contributed by atoms with Crippen LogP contribution in [-0.4, -0.2) is 35.9 Å². The van der Waals surface area contributed by atoms with Crippen LogP contribution < -0.4 is 9.46 Å². The van der Waals surface area contributed by atoms with E-state index in [1.54, 1.807) is 0 Å². The molecule has 2 fully saturated rings. The Bertz CT molecular complexity index is 1580. The van der Waals surface area contributed by atoms with Crippen molar-refractivity contribution in [1.29, 1.82) is 0 Å². The molecule has 1 N–H and O–H groups in total. The van der Waals surface area contributed by atoms with Gasteiger partial charge in [0.05, 0.1) is 27.4 Å². The molecule has 5 nitrogen and oxygen atoms in total. The zero-order valence-corrected chi connectivity index (χ0v) is 22.3. The molecule has 2 unspecified atom stereocenters. The third-order valence-corrected chi connectivity index (χ3v) is 14.3. The van der Waals surface area contributed by atoms with Gasteiger partial charge in [-0.2, -0.15) is 13.2 Å². The Balaban J connectivity index is 1.55. The topological polar surface area (TPSA) is 72.5 Å². The third kappa shape index (κ3) is 3.66. The number of fused-ring (bicyclic) bond motifs is 5. The standard InChI is InChI=1S/C27H26F5NO4S2/c1-38(34)25(11-2-3-12-25)14-18-19-15-37-24-21(29)9-8-20(28)23(24)26(19,13-10-22(18)33-38)39(35,36)17-6-4-16(5-7-17)27(30,31)32/h2-9,18-19,22H,1,10-15H2,(H,33,34)/t18?,19-,22+,26-,38?/m0/s1. The average Bonchev–Trinajstić information content (AvgIpc) is 3.36. The summed E-state index contributed by atoms with van der Waals surface area (Å²) in [5.41, 5.74) is -1.46. The molecule has 0 bridgehead atoms. The van der Waals surface area contributed by atoms with E-state index >= 15 is 4.39 Å². The molecule has 2 aromatic rings. The lowest BCUT2D eigenvalue weighted by Gasteiger charge is -2.57. The highest BCUT2D eigenvalue weighted by Crippen LogP contribution is 2.61. The van der Waals surface area contributed by atoms with E-state index in [9.17, 15) is 30.2 Å². The number of rotatable bonds is 2. The van der Waals surface area contributed by atoms with E-state index in [4.69, 9.17) is 4.74 Å². The highest BCUT2D eigenvalue weighted by Gasteiger charge is 2.65. The molecule has 12 heteroatoms. The lowest BCUT2D eigenvalue weighted by atomic mass is 9.63. The molecule has 2 aliphatic heterocycles. The third-order valence-electron chi connectivity index (χ3n) is 9.12. The van der Waals surface area contributed by atoms with Gasteiger partial charge in [0.25, 0.3) is 0 Å². The number of allylic oxidation sites excluding steroid dienone is 2. The van der Waals surface area contributed by atoms with Crippen molar-refractivity contribution in [2.75, 3.05) is 6.61 Å². The van der Waals surface area contributed by atoms with Gasteiger partial charge in [0.15, 0.2) is 21.4 Å². The van der Waals surface area contributed by atoms with Gasteiger partial charge in [-0.15, -0.1) is 0 Å². The SMILES string of the molecule is C=S1(=O)N[C@@H]2CC[C@@]3(S(=O)(=O)c4ccc(C(F)(F)F)cc4)c4c(F)ccc(F)c4OC[C@H]3C2CC12CC=CC2. The predicted octanol–water partition coefficient (Wildman–Crippen LogP) is 5.15. The molecule has 0 amide bonds. The van der Waals surface area contributed by atoms with Crippen LogP contribution in [0.15, 0.2) is 53.4 Å². The van der Waals surface area contributed by atoms with Gasteiger partial charge in [-0.3, -0.25) is 4.21 Å². The van der Waals surface area contributed by atoms with Crippen LogP contribution in [0.2, 0.25) is 0 Å². The molecule has 5 atom stereocenters. The minimum atomic E-state index is -4.68. The van der Waals surface area contributed by atoms with Gasteiger partial charge >= 0.3 is 6.18 Å². The average molecular weight is 588 g/mol. The fourth-order valence-electron chi connectivity index (χ4n) is 7.19. The number of hydrogen-bond donors (Lipinski definition) is 1. The summed E-state index contributed by atoms with van der Waals surface area (Å²) in [6, 6.07) is 4.37. The summed E-state index contributed by atoms with van der Waals surface area (Å²) in [6.45, 7) is -0.252. The van der Waals surface area contributed by atoms with E-state index in [-0.39, 0.29) is 19.4 Å².